The van der Waals surface area contributed by atoms with Gasteiger partial charge in [-0.2, -0.15) is 0 Å². The highest BCUT2D eigenvalue weighted by Crippen LogP contribution is 2.19. The standard InChI is InChI=1S/C14H16ClN3O2/c1-9-7-13(18-20-9)17-14(19)8-16-10(2)11-5-3-4-6-12(11)15/h3-7,10,16H,8H2,1-2H3,(H,17,18,19)/p+1/t10-/m0/s1. The quantitative estimate of drug-likeness (QED) is 0.885. The Hall–Kier alpha value is -1.85. The van der Waals surface area contributed by atoms with Crippen LogP contribution in [-0.4, -0.2) is 17.6 Å². The van der Waals surface area contributed by atoms with Gasteiger partial charge in [0, 0.05) is 16.7 Å². The summed E-state index contributed by atoms with van der Waals surface area (Å²) in [5, 5.41) is 9.02. The number of rotatable bonds is 5. The molecule has 0 saturated carbocycles. The van der Waals surface area contributed by atoms with Gasteiger partial charge in [0.25, 0.3) is 5.91 Å². The minimum absolute atomic E-state index is 0.105. The molecule has 106 valence electrons. The largest absolute Gasteiger partial charge is 0.360 e. The summed E-state index contributed by atoms with van der Waals surface area (Å²) in [6.45, 7) is 4.07. The van der Waals surface area contributed by atoms with E-state index < -0.39 is 0 Å². The summed E-state index contributed by atoms with van der Waals surface area (Å²) in [6.07, 6.45) is 0. The zero-order chi connectivity index (χ0) is 14.5. The number of hydrogen-bond donors (Lipinski definition) is 2. The van der Waals surface area contributed by atoms with Crippen LogP contribution in [0, 0.1) is 6.92 Å². The first-order valence-corrected chi connectivity index (χ1v) is 6.75. The summed E-state index contributed by atoms with van der Waals surface area (Å²) < 4.78 is 4.88. The summed E-state index contributed by atoms with van der Waals surface area (Å²) in [4.78, 5) is 11.8. The Labute approximate surface area is 122 Å². The van der Waals surface area contributed by atoms with Gasteiger partial charge in [-0.1, -0.05) is 35.0 Å². The fourth-order valence-corrected chi connectivity index (χ4v) is 2.18. The molecule has 0 unspecified atom stereocenters. The highest BCUT2D eigenvalue weighted by Gasteiger charge is 2.14. The SMILES string of the molecule is Cc1cc(NC(=O)C[NH2+][C@@H](C)c2ccccc2Cl)no1. The molecule has 5 nitrogen and oxygen atoms in total. The second-order valence-corrected chi connectivity index (χ2v) is 5.03. The Morgan fingerprint density at radius 1 is 1.50 bits per heavy atom. The van der Waals surface area contributed by atoms with Crippen molar-refractivity contribution in [3.05, 3.63) is 46.7 Å². The van der Waals surface area contributed by atoms with Crippen LogP contribution >= 0.6 is 11.6 Å². The third-order valence-electron chi connectivity index (χ3n) is 2.95. The maximum absolute atomic E-state index is 11.8. The van der Waals surface area contributed by atoms with Crippen molar-refractivity contribution in [1.82, 2.24) is 5.16 Å². The number of amides is 1. The molecule has 1 heterocycles. The maximum atomic E-state index is 11.8. The van der Waals surface area contributed by atoms with Gasteiger partial charge in [-0.15, -0.1) is 0 Å². The third kappa shape index (κ3) is 3.82. The van der Waals surface area contributed by atoms with Crippen LogP contribution in [0.15, 0.2) is 34.9 Å². The lowest BCUT2D eigenvalue weighted by Gasteiger charge is -2.11. The lowest BCUT2D eigenvalue weighted by molar-refractivity contribution is -0.682. The van der Waals surface area contributed by atoms with Crippen LogP contribution < -0.4 is 10.6 Å². The molecule has 0 aliphatic rings. The molecule has 1 aromatic heterocycles. The van der Waals surface area contributed by atoms with Crippen LogP contribution in [0.5, 0.6) is 0 Å². The Bertz CT molecular complexity index is 598. The first-order chi connectivity index (χ1) is 9.56. The smallest absolute Gasteiger partial charge is 0.280 e. The molecule has 0 spiro atoms. The Balaban J connectivity index is 1.85. The van der Waals surface area contributed by atoms with E-state index in [0.29, 0.717) is 16.6 Å². The lowest BCUT2D eigenvalue weighted by atomic mass is 10.1. The van der Waals surface area contributed by atoms with Gasteiger partial charge in [-0.25, -0.2) is 0 Å². The minimum atomic E-state index is -0.128. The van der Waals surface area contributed by atoms with Gasteiger partial charge < -0.3 is 15.2 Å². The van der Waals surface area contributed by atoms with E-state index in [1.54, 1.807) is 13.0 Å². The van der Waals surface area contributed by atoms with Crippen molar-refractivity contribution >= 4 is 23.3 Å². The molecule has 1 atom stereocenters. The number of aryl methyl sites for hydroxylation is 1. The van der Waals surface area contributed by atoms with Crippen molar-refractivity contribution in [3.8, 4) is 0 Å². The molecule has 0 radical (unpaired) electrons. The molecule has 1 amide bonds. The number of quaternary nitrogens is 1. The summed E-state index contributed by atoms with van der Waals surface area (Å²) in [7, 11) is 0. The zero-order valence-corrected chi connectivity index (χ0v) is 12.1. The fraction of sp³-hybridized carbons (Fsp3) is 0.286. The van der Waals surface area contributed by atoms with E-state index in [-0.39, 0.29) is 18.5 Å². The van der Waals surface area contributed by atoms with Crippen LogP contribution in [0.4, 0.5) is 5.82 Å². The van der Waals surface area contributed by atoms with E-state index in [1.165, 1.54) is 0 Å². The number of anilines is 1. The Morgan fingerprint density at radius 2 is 2.25 bits per heavy atom. The second-order valence-electron chi connectivity index (χ2n) is 4.62. The van der Waals surface area contributed by atoms with E-state index >= 15 is 0 Å². The molecule has 3 N–H and O–H groups in total. The molecule has 0 aliphatic heterocycles. The molecule has 0 saturated heterocycles. The minimum Gasteiger partial charge on any atom is -0.360 e. The van der Waals surface area contributed by atoms with Crippen LogP contribution in [0.3, 0.4) is 0 Å². The van der Waals surface area contributed by atoms with Gasteiger partial charge in [0.2, 0.25) is 0 Å². The lowest BCUT2D eigenvalue weighted by Crippen LogP contribution is -2.86. The monoisotopic (exact) mass is 294 g/mol. The Kier molecular flexibility index (Phi) is 4.76. The molecule has 6 heteroatoms. The van der Waals surface area contributed by atoms with Gasteiger partial charge >= 0.3 is 0 Å². The van der Waals surface area contributed by atoms with Crippen molar-refractivity contribution in [2.24, 2.45) is 0 Å². The van der Waals surface area contributed by atoms with Gasteiger partial charge in [0.05, 0.1) is 0 Å². The third-order valence-corrected chi connectivity index (χ3v) is 3.29. The van der Waals surface area contributed by atoms with E-state index in [2.05, 4.69) is 10.5 Å². The van der Waals surface area contributed by atoms with Gasteiger partial charge in [0.1, 0.15) is 11.8 Å². The molecular formula is C14H17ClN3O2+. The number of benzene rings is 1. The molecule has 20 heavy (non-hydrogen) atoms. The molecule has 0 bridgehead atoms. The number of halogens is 1. The van der Waals surface area contributed by atoms with Gasteiger partial charge in [-0.3, -0.25) is 4.79 Å². The van der Waals surface area contributed by atoms with E-state index in [1.807, 2.05) is 36.5 Å². The normalized spacial score (nSPS) is 12.2. The topological polar surface area (TPSA) is 71.7 Å². The van der Waals surface area contributed by atoms with Crippen LogP contribution in [0.1, 0.15) is 24.3 Å². The second kappa shape index (κ2) is 6.54. The summed E-state index contributed by atoms with van der Waals surface area (Å²) in [5.74, 6) is 0.970. The summed E-state index contributed by atoms with van der Waals surface area (Å²) in [6, 6.07) is 9.41. The number of nitrogens with one attached hydrogen (secondary N) is 1. The molecule has 0 fully saturated rings. The molecular weight excluding hydrogens is 278 g/mol. The van der Waals surface area contributed by atoms with Crippen LogP contribution in [-0.2, 0) is 4.79 Å². The first kappa shape index (κ1) is 14.6. The number of carbonyl (C=O) groups is 1. The van der Waals surface area contributed by atoms with E-state index in [9.17, 15) is 4.79 Å². The van der Waals surface area contributed by atoms with E-state index in [0.717, 1.165) is 5.56 Å². The summed E-state index contributed by atoms with van der Waals surface area (Å²) in [5.41, 5.74) is 1.01. The maximum Gasteiger partial charge on any atom is 0.280 e. The molecule has 1 aromatic carbocycles. The average Bonchev–Trinajstić information content (AvgIpc) is 2.82. The van der Waals surface area contributed by atoms with Crippen LogP contribution in [0.2, 0.25) is 5.02 Å². The predicted octanol–water partition coefficient (Wildman–Crippen LogP) is 1.90. The molecule has 0 aliphatic carbocycles. The number of carbonyl (C=O) groups excluding carboxylic acids is 1. The number of aromatic nitrogens is 1. The molecule has 2 aromatic rings. The average molecular weight is 295 g/mol. The predicted molar refractivity (Wildman–Crippen MR) is 76.5 cm³/mol. The number of nitrogens with two attached hydrogens (primary N) is 1. The highest BCUT2D eigenvalue weighted by molar-refractivity contribution is 6.31. The van der Waals surface area contributed by atoms with Crippen LogP contribution in [0.25, 0.3) is 0 Å². The Morgan fingerprint density at radius 3 is 2.90 bits per heavy atom. The summed E-state index contributed by atoms with van der Waals surface area (Å²) >= 11 is 6.12. The fourth-order valence-electron chi connectivity index (χ4n) is 1.87. The van der Waals surface area contributed by atoms with Crippen molar-refractivity contribution in [3.63, 3.8) is 0 Å². The number of nitrogens with zero attached hydrogens (tertiary/aromatic N) is 1. The van der Waals surface area contributed by atoms with Gasteiger partial charge in [0.15, 0.2) is 12.4 Å². The van der Waals surface area contributed by atoms with E-state index in [4.69, 9.17) is 16.1 Å². The molecule has 2 rings (SSSR count). The number of hydrogen-bond acceptors (Lipinski definition) is 3. The van der Waals surface area contributed by atoms with Crippen molar-refractivity contribution in [2.45, 2.75) is 19.9 Å². The van der Waals surface area contributed by atoms with Gasteiger partial charge in [-0.05, 0) is 19.9 Å². The highest BCUT2D eigenvalue weighted by atomic mass is 35.5. The first-order valence-electron chi connectivity index (χ1n) is 6.37. The zero-order valence-electron chi connectivity index (χ0n) is 11.4. The van der Waals surface area contributed by atoms with Crippen molar-refractivity contribution in [2.75, 3.05) is 11.9 Å². The van der Waals surface area contributed by atoms with Crippen molar-refractivity contribution in [1.29, 1.82) is 0 Å². The van der Waals surface area contributed by atoms with Crippen molar-refractivity contribution < 1.29 is 14.6 Å².